The third-order valence-corrected chi connectivity index (χ3v) is 2.63. The number of hydrogen-bond donors (Lipinski definition) is 3. The van der Waals surface area contributed by atoms with E-state index in [0.29, 0.717) is 15.6 Å². The first-order valence-corrected chi connectivity index (χ1v) is 4.83. The quantitative estimate of drug-likeness (QED) is 0.742. The lowest BCUT2D eigenvalue weighted by atomic mass is 10.0. The monoisotopic (exact) mass is 235 g/mol. The topological polar surface area (TPSA) is 66.5 Å². The molecule has 5 heteroatoms. The Bertz CT molecular complexity index is 320. The van der Waals surface area contributed by atoms with Crippen LogP contribution in [0.25, 0.3) is 0 Å². The van der Waals surface area contributed by atoms with Crippen LogP contribution >= 0.6 is 23.2 Å². The highest BCUT2D eigenvalue weighted by Crippen LogP contribution is 2.26. The fourth-order valence-electron chi connectivity index (χ4n) is 1.05. The van der Waals surface area contributed by atoms with Crippen LogP contribution in [-0.4, -0.2) is 22.9 Å². The summed E-state index contributed by atoms with van der Waals surface area (Å²) in [6.45, 7) is -0.0125. The van der Waals surface area contributed by atoms with E-state index in [-0.39, 0.29) is 6.54 Å². The Labute approximate surface area is 92.1 Å². The molecule has 0 amide bonds. The Kier molecular flexibility index (Phi) is 4.16. The Morgan fingerprint density at radius 1 is 1.21 bits per heavy atom. The van der Waals surface area contributed by atoms with Crippen molar-refractivity contribution in [2.45, 2.75) is 12.2 Å². The van der Waals surface area contributed by atoms with Gasteiger partial charge >= 0.3 is 0 Å². The van der Waals surface area contributed by atoms with E-state index in [0.717, 1.165) is 0 Å². The molecule has 0 bridgehead atoms. The molecule has 78 valence electrons. The third kappa shape index (κ3) is 2.59. The van der Waals surface area contributed by atoms with Crippen molar-refractivity contribution in [3.05, 3.63) is 33.8 Å². The summed E-state index contributed by atoms with van der Waals surface area (Å²) in [7, 11) is 0. The van der Waals surface area contributed by atoms with Gasteiger partial charge < -0.3 is 15.9 Å². The summed E-state index contributed by atoms with van der Waals surface area (Å²) < 4.78 is 0. The second-order valence-corrected chi connectivity index (χ2v) is 3.74. The number of benzene rings is 1. The van der Waals surface area contributed by atoms with Gasteiger partial charge in [0.15, 0.2) is 0 Å². The average Bonchev–Trinajstić information content (AvgIpc) is 2.20. The van der Waals surface area contributed by atoms with Crippen LogP contribution in [0.3, 0.4) is 0 Å². The lowest BCUT2D eigenvalue weighted by Crippen LogP contribution is -2.27. The molecular formula is C9H11Cl2NO2. The van der Waals surface area contributed by atoms with E-state index in [4.69, 9.17) is 28.9 Å². The van der Waals surface area contributed by atoms with Gasteiger partial charge in [-0.2, -0.15) is 0 Å². The fraction of sp³-hybridized carbons (Fsp3) is 0.333. The maximum Gasteiger partial charge on any atom is 0.106 e. The predicted octanol–water partition coefficient (Wildman–Crippen LogP) is 1.35. The van der Waals surface area contributed by atoms with E-state index in [1.165, 1.54) is 6.07 Å². The molecule has 4 N–H and O–H groups in total. The molecule has 0 aliphatic heterocycles. The highest BCUT2D eigenvalue weighted by molar-refractivity contribution is 6.42. The molecule has 14 heavy (non-hydrogen) atoms. The zero-order valence-electron chi connectivity index (χ0n) is 7.32. The van der Waals surface area contributed by atoms with Crippen LogP contribution in [0, 0.1) is 0 Å². The second-order valence-electron chi connectivity index (χ2n) is 2.92. The van der Waals surface area contributed by atoms with Crippen LogP contribution in [0.5, 0.6) is 0 Å². The highest BCUT2D eigenvalue weighted by Gasteiger charge is 2.17. The average molecular weight is 236 g/mol. The Hall–Kier alpha value is -0.320. The molecule has 1 aromatic carbocycles. The van der Waals surface area contributed by atoms with Crippen molar-refractivity contribution < 1.29 is 10.2 Å². The Morgan fingerprint density at radius 3 is 2.36 bits per heavy atom. The molecule has 0 spiro atoms. The molecule has 1 aromatic rings. The van der Waals surface area contributed by atoms with Gasteiger partial charge in [-0.3, -0.25) is 0 Å². The SMILES string of the molecule is NCC(O)C(O)c1ccc(Cl)c(Cl)c1. The molecule has 0 heterocycles. The summed E-state index contributed by atoms with van der Waals surface area (Å²) in [5.74, 6) is 0. The first kappa shape index (κ1) is 11.8. The first-order valence-electron chi connectivity index (χ1n) is 4.07. The molecule has 0 aromatic heterocycles. The minimum Gasteiger partial charge on any atom is -0.389 e. The van der Waals surface area contributed by atoms with E-state index in [1.807, 2.05) is 0 Å². The van der Waals surface area contributed by atoms with Crippen LogP contribution in [-0.2, 0) is 0 Å². The van der Waals surface area contributed by atoms with Crippen molar-refractivity contribution >= 4 is 23.2 Å². The number of nitrogens with two attached hydrogens (primary N) is 1. The molecule has 0 aliphatic rings. The van der Waals surface area contributed by atoms with Crippen molar-refractivity contribution in [3.63, 3.8) is 0 Å². The molecule has 0 fully saturated rings. The molecule has 2 atom stereocenters. The normalized spacial score (nSPS) is 15.2. The Morgan fingerprint density at radius 2 is 1.86 bits per heavy atom. The molecule has 1 rings (SSSR count). The molecule has 0 aliphatic carbocycles. The molecule has 2 unspecified atom stereocenters. The van der Waals surface area contributed by atoms with E-state index in [1.54, 1.807) is 12.1 Å². The largest absolute Gasteiger partial charge is 0.389 e. The molecule has 3 nitrogen and oxygen atoms in total. The lowest BCUT2D eigenvalue weighted by molar-refractivity contribution is 0.0243. The fourth-order valence-corrected chi connectivity index (χ4v) is 1.35. The first-order chi connectivity index (χ1) is 6.56. The summed E-state index contributed by atoms with van der Waals surface area (Å²) >= 11 is 11.4. The minimum atomic E-state index is -1.03. The van der Waals surface area contributed by atoms with Gasteiger partial charge in [-0.1, -0.05) is 29.3 Å². The molecule has 0 radical (unpaired) electrons. The smallest absolute Gasteiger partial charge is 0.106 e. The number of halogens is 2. The number of rotatable bonds is 3. The standard InChI is InChI=1S/C9H11Cl2NO2/c10-6-2-1-5(3-7(6)11)9(14)8(13)4-12/h1-3,8-9,13-14H,4,12H2. The van der Waals surface area contributed by atoms with Crippen molar-refractivity contribution in [2.24, 2.45) is 5.73 Å². The van der Waals surface area contributed by atoms with Crippen LogP contribution in [0.2, 0.25) is 10.0 Å². The Balaban J connectivity index is 2.91. The number of aliphatic hydroxyl groups excluding tert-OH is 2. The number of hydrogen-bond acceptors (Lipinski definition) is 3. The van der Waals surface area contributed by atoms with Gasteiger partial charge in [0.1, 0.15) is 6.10 Å². The maximum atomic E-state index is 9.57. The summed E-state index contributed by atoms with van der Waals surface area (Å²) in [6, 6.07) is 4.66. The van der Waals surface area contributed by atoms with E-state index >= 15 is 0 Å². The molecule has 0 saturated carbocycles. The van der Waals surface area contributed by atoms with Crippen LogP contribution in [0.1, 0.15) is 11.7 Å². The third-order valence-electron chi connectivity index (χ3n) is 1.89. The summed E-state index contributed by atoms with van der Waals surface area (Å²) in [4.78, 5) is 0. The van der Waals surface area contributed by atoms with Crippen molar-refractivity contribution in [1.29, 1.82) is 0 Å². The van der Waals surface area contributed by atoms with Gasteiger partial charge in [0, 0.05) is 6.54 Å². The van der Waals surface area contributed by atoms with Crippen molar-refractivity contribution in [3.8, 4) is 0 Å². The minimum absolute atomic E-state index is 0.0125. The van der Waals surface area contributed by atoms with Crippen molar-refractivity contribution in [1.82, 2.24) is 0 Å². The summed E-state index contributed by atoms with van der Waals surface area (Å²) in [6.07, 6.45) is -2.03. The van der Waals surface area contributed by atoms with E-state index in [9.17, 15) is 10.2 Å². The van der Waals surface area contributed by atoms with Crippen LogP contribution < -0.4 is 5.73 Å². The van der Waals surface area contributed by atoms with E-state index < -0.39 is 12.2 Å². The van der Waals surface area contributed by atoms with Crippen LogP contribution in [0.15, 0.2) is 18.2 Å². The van der Waals surface area contributed by atoms with Gasteiger partial charge in [-0.25, -0.2) is 0 Å². The van der Waals surface area contributed by atoms with Crippen LogP contribution in [0.4, 0.5) is 0 Å². The molecule has 0 saturated heterocycles. The predicted molar refractivity (Wildman–Crippen MR) is 56.5 cm³/mol. The van der Waals surface area contributed by atoms with Gasteiger partial charge in [-0.05, 0) is 17.7 Å². The van der Waals surface area contributed by atoms with Gasteiger partial charge in [0.2, 0.25) is 0 Å². The lowest BCUT2D eigenvalue weighted by Gasteiger charge is -2.16. The molecular weight excluding hydrogens is 225 g/mol. The summed E-state index contributed by atoms with van der Waals surface area (Å²) in [5.41, 5.74) is 5.71. The van der Waals surface area contributed by atoms with E-state index in [2.05, 4.69) is 0 Å². The highest BCUT2D eigenvalue weighted by atomic mass is 35.5. The second kappa shape index (κ2) is 4.96. The van der Waals surface area contributed by atoms with Gasteiger partial charge in [-0.15, -0.1) is 0 Å². The zero-order chi connectivity index (χ0) is 10.7. The van der Waals surface area contributed by atoms with Crippen molar-refractivity contribution in [2.75, 3.05) is 6.54 Å². The summed E-state index contributed by atoms with van der Waals surface area (Å²) in [5, 5.41) is 19.6. The van der Waals surface area contributed by atoms with Gasteiger partial charge in [0.05, 0.1) is 16.1 Å². The zero-order valence-corrected chi connectivity index (χ0v) is 8.83. The maximum absolute atomic E-state index is 9.57. The van der Waals surface area contributed by atoms with Gasteiger partial charge in [0.25, 0.3) is 0 Å². The number of aliphatic hydroxyl groups is 2.